The van der Waals surface area contributed by atoms with E-state index in [-0.39, 0.29) is 11.6 Å². The Hall–Kier alpha value is -2.30. The molecule has 2 aromatic rings. The summed E-state index contributed by atoms with van der Waals surface area (Å²) in [6, 6.07) is 5.81. The van der Waals surface area contributed by atoms with E-state index in [1.165, 1.54) is 12.1 Å². The second-order valence-electron chi connectivity index (χ2n) is 4.96. The van der Waals surface area contributed by atoms with Crippen LogP contribution in [-0.4, -0.2) is 5.91 Å². The van der Waals surface area contributed by atoms with Gasteiger partial charge >= 0.3 is 0 Å². The molecule has 3 N–H and O–H groups in total. The quantitative estimate of drug-likeness (QED) is 0.827. The summed E-state index contributed by atoms with van der Waals surface area (Å²) >= 11 is 0. The number of aryl methyl sites for hydroxylation is 1. The van der Waals surface area contributed by atoms with Crippen molar-refractivity contribution in [1.29, 1.82) is 0 Å². The molecule has 0 spiro atoms. The van der Waals surface area contributed by atoms with Gasteiger partial charge in [0.25, 0.3) is 5.91 Å². The van der Waals surface area contributed by atoms with Crippen LogP contribution in [0.3, 0.4) is 0 Å². The van der Waals surface area contributed by atoms with Crippen molar-refractivity contribution in [2.24, 2.45) is 0 Å². The summed E-state index contributed by atoms with van der Waals surface area (Å²) < 4.78 is 19.1. The van der Waals surface area contributed by atoms with Gasteiger partial charge in [0.05, 0.1) is 17.9 Å². The molecule has 4 nitrogen and oxygen atoms in total. The van der Waals surface area contributed by atoms with Crippen LogP contribution in [0.15, 0.2) is 34.9 Å². The molecule has 1 aliphatic rings. The highest BCUT2D eigenvalue weighted by Gasteiger charge is 2.25. The Morgan fingerprint density at radius 3 is 3.05 bits per heavy atom. The predicted octanol–water partition coefficient (Wildman–Crippen LogP) is 2.81. The normalized spacial score (nSPS) is 17.6. The lowest BCUT2D eigenvalue weighted by Gasteiger charge is -2.22. The van der Waals surface area contributed by atoms with Crippen LogP contribution in [0.4, 0.5) is 10.1 Å². The highest BCUT2D eigenvalue weighted by Crippen LogP contribution is 2.30. The molecule has 0 fully saturated rings. The van der Waals surface area contributed by atoms with E-state index in [2.05, 4.69) is 5.32 Å². The molecular formula is C15H15FN2O2. The molecule has 0 bridgehead atoms. The largest absolute Gasteiger partial charge is 0.469 e. The second kappa shape index (κ2) is 5.00. The van der Waals surface area contributed by atoms with Gasteiger partial charge in [-0.25, -0.2) is 4.39 Å². The Labute approximate surface area is 115 Å². The van der Waals surface area contributed by atoms with Gasteiger partial charge in [0.15, 0.2) is 0 Å². The number of carbonyl (C=O) groups excluding carboxylic acids is 1. The number of rotatable bonds is 2. The van der Waals surface area contributed by atoms with Gasteiger partial charge in [0, 0.05) is 17.7 Å². The van der Waals surface area contributed by atoms with E-state index in [4.69, 9.17) is 10.2 Å². The third-order valence-corrected chi connectivity index (χ3v) is 3.60. The SMILES string of the molecule is Nc1ccc(C(=O)NC2CCCc3occc32)c(F)c1. The molecule has 1 aliphatic carbocycles. The zero-order valence-corrected chi connectivity index (χ0v) is 10.9. The van der Waals surface area contributed by atoms with Gasteiger partial charge in [-0.2, -0.15) is 0 Å². The maximum atomic E-state index is 13.7. The van der Waals surface area contributed by atoms with Crippen LogP contribution >= 0.6 is 0 Å². The Balaban J connectivity index is 1.81. The highest BCUT2D eigenvalue weighted by molar-refractivity contribution is 5.95. The minimum absolute atomic E-state index is 0.00909. The number of nitrogens with two attached hydrogens (primary N) is 1. The predicted molar refractivity (Wildman–Crippen MR) is 72.7 cm³/mol. The fourth-order valence-corrected chi connectivity index (χ4v) is 2.59. The second-order valence-corrected chi connectivity index (χ2v) is 4.96. The van der Waals surface area contributed by atoms with Crippen LogP contribution in [0.5, 0.6) is 0 Å². The maximum absolute atomic E-state index is 13.7. The van der Waals surface area contributed by atoms with Crippen LogP contribution in [0.1, 0.15) is 40.6 Å². The highest BCUT2D eigenvalue weighted by atomic mass is 19.1. The fourth-order valence-electron chi connectivity index (χ4n) is 2.59. The van der Waals surface area contributed by atoms with E-state index < -0.39 is 11.7 Å². The van der Waals surface area contributed by atoms with Crippen molar-refractivity contribution in [3.8, 4) is 0 Å². The van der Waals surface area contributed by atoms with Gasteiger partial charge in [-0.1, -0.05) is 0 Å². The number of fused-ring (bicyclic) bond motifs is 1. The van der Waals surface area contributed by atoms with Crippen molar-refractivity contribution in [1.82, 2.24) is 5.32 Å². The third kappa shape index (κ3) is 2.27. The average molecular weight is 274 g/mol. The van der Waals surface area contributed by atoms with Crippen LogP contribution in [0, 0.1) is 5.82 Å². The van der Waals surface area contributed by atoms with Gasteiger partial charge in [0.2, 0.25) is 0 Å². The number of benzene rings is 1. The Bertz CT molecular complexity index is 651. The Kier molecular flexibility index (Phi) is 3.18. The molecule has 0 radical (unpaired) electrons. The fraction of sp³-hybridized carbons (Fsp3) is 0.267. The van der Waals surface area contributed by atoms with Crippen molar-refractivity contribution in [3.05, 3.63) is 53.2 Å². The summed E-state index contributed by atoms with van der Waals surface area (Å²) in [5.74, 6) is -0.133. The molecule has 1 atom stereocenters. The topological polar surface area (TPSA) is 68.3 Å². The number of hydrogen-bond donors (Lipinski definition) is 2. The first-order chi connectivity index (χ1) is 9.65. The third-order valence-electron chi connectivity index (χ3n) is 3.60. The summed E-state index contributed by atoms with van der Waals surface area (Å²) in [7, 11) is 0. The number of amides is 1. The van der Waals surface area contributed by atoms with Crippen molar-refractivity contribution in [2.75, 3.05) is 5.73 Å². The van der Waals surface area contributed by atoms with E-state index in [1.54, 1.807) is 6.26 Å². The minimum Gasteiger partial charge on any atom is -0.469 e. The first kappa shape index (κ1) is 12.7. The molecule has 104 valence electrons. The summed E-state index contributed by atoms with van der Waals surface area (Å²) in [6.45, 7) is 0. The first-order valence-corrected chi connectivity index (χ1v) is 6.57. The monoisotopic (exact) mass is 274 g/mol. The number of carbonyl (C=O) groups is 1. The lowest BCUT2D eigenvalue weighted by atomic mass is 9.93. The lowest BCUT2D eigenvalue weighted by Crippen LogP contribution is -2.31. The number of nitrogens with one attached hydrogen (secondary N) is 1. The number of anilines is 1. The van der Waals surface area contributed by atoms with Crippen molar-refractivity contribution >= 4 is 11.6 Å². The van der Waals surface area contributed by atoms with Gasteiger partial charge in [-0.3, -0.25) is 4.79 Å². The number of hydrogen-bond acceptors (Lipinski definition) is 3. The van der Waals surface area contributed by atoms with Gasteiger partial charge in [-0.15, -0.1) is 0 Å². The molecule has 20 heavy (non-hydrogen) atoms. The van der Waals surface area contributed by atoms with Crippen molar-refractivity contribution in [2.45, 2.75) is 25.3 Å². The van der Waals surface area contributed by atoms with E-state index in [0.29, 0.717) is 5.69 Å². The van der Waals surface area contributed by atoms with Gasteiger partial charge in [-0.05, 0) is 37.1 Å². The molecule has 1 aromatic heterocycles. The van der Waals surface area contributed by atoms with Crippen molar-refractivity contribution < 1.29 is 13.6 Å². The number of halogens is 1. The summed E-state index contributed by atoms with van der Waals surface area (Å²) in [6.07, 6.45) is 4.27. The molecule has 3 rings (SSSR count). The van der Waals surface area contributed by atoms with Gasteiger partial charge in [0.1, 0.15) is 11.6 Å². The molecule has 5 heteroatoms. The lowest BCUT2D eigenvalue weighted by molar-refractivity contribution is 0.0928. The zero-order chi connectivity index (χ0) is 14.1. The van der Waals surface area contributed by atoms with Crippen molar-refractivity contribution in [3.63, 3.8) is 0 Å². The number of nitrogen functional groups attached to an aromatic ring is 1. The molecule has 1 amide bonds. The van der Waals surface area contributed by atoms with Crippen LogP contribution in [0.2, 0.25) is 0 Å². The zero-order valence-electron chi connectivity index (χ0n) is 10.9. The molecular weight excluding hydrogens is 259 g/mol. The van der Waals surface area contributed by atoms with E-state index in [0.717, 1.165) is 36.7 Å². The van der Waals surface area contributed by atoms with Gasteiger partial charge < -0.3 is 15.5 Å². The Morgan fingerprint density at radius 1 is 1.40 bits per heavy atom. The molecule has 0 aliphatic heterocycles. The maximum Gasteiger partial charge on any atom is 0.254 e. The Morgan fingerprint density at radius 2 is 2.25 bits per heavy atom. The van der Waals surface area contributed by atoms with E-state index in [9.17, 15) is 9.18 Å². The van der Waals surface area contributed by atoms with Crippen LogP contribution in [-0.2, 0) is 6.42 Å². The van der Waals surface area contributed by atoms with Crippen LogP contribution < -0.4 is 11.1 Å². The first-order valence-electron chi connectivity index (χ1n) is 6.57. The summed E-state index contributed by atoms with van der Waals surface area (Å²) in [4.78, 5) is 12.2. The molecule has 0 saturated heterocycles. The molecule has 1 aromatic carbocycles. The molecule has 0 saturated carbocycles. The number of furan rings is 1. The van der Waals surface area contributed by atoms with Crippen LogP contribution in [0.25, 0.3) is 0 Å². The summed E-state index contributed by atoms with van der Waals surface area (Å²) in [5.41, 5.74) is 6.77. The molecule has 1 heterocycles. The summed E-state index contributed by atoms with van der Waals surface area (Å²) in [5, 5.41) is 2.86. The van der Waals surface area contributed by atoms with E-state index >= 15 is 0 Å². The standard InChI is InChI=1S/C15H15FN2O2/c16-12-8-9(17)4-5-10(12)15(19)18-13-2-1-3-14-11(13)6-7-20-14/h4-8,13H,1-3,17H2,(H,18,19). The average Bonchev–Trinajstić information content (AvgIpc) is 2.87. The smallest absolute Gasteiger partial charge is 0.254 e. The molecule has 1 unspecified atom stereocenters. The minimum atomic E-state index is -0.606. The van der Waals surface area contributed by atoms with E-state index in [1.807, 2.05) is 6.07 Å².